The first-order chi connectivity index (χ1) is 4.54. The summed E-state index contributed by atoms with van der Waals surface area (Å²) < 4.78 is 21.9. The Morgan fingerprint density at radius 1 is 1.60 bits per heavy atom. The number of nitriles is 1. The normalized spacial score (nSPS) is 14.1. The second kappa shape index (κ2) is 3.57. The number of hydrogen-bond donors (Lipinski definition) is 0. The Labute approximate surface area is 61.6 Å². The minimum Gasteiger partial charge on any atom is -0.227 e. The minimum atomic E-state index is -3.12. The molecule has 1 atom stereocenters. The Morgan fingerprint density at radius 2 is 2.10 bits per heavy atom. The first-order valence-corrected chi connectivity index (χ1v) is 4.84. The third kappa shape index (κ3) is 2.36. The maximum Gasteiger partial charge on any atom is 0.166 e. The SMILES string of the molecule is CC[C@H](C)S(=O)(=O)CC#N. The molecule has 0 saturated heterocycles. The molecular weight excluding hydrogens is 150 g/mol. The molecule has 3 nitrogen and oxygen atoms in total. The topological polar surface area (TPSA) is 57.9 Å². The van der Waals surface area contributed by atoms with Crippen LogP contribution < -0.4 is 0 Å². The van der Waals surface area contributed by atoms with E-state index in [1.54, 1.807) is 19.9 Å². The summed E-state index contributed by atoms with van der Waals surface area (Å²) in [6.45, 7) is 3.41. The molecule has 0 radical (unpaired) electrons. The van der Waals surface area contributed by atoms with E-state index in [-0.39, 0.29) is 11.0 Å². The molecule has 0 aromatic heterocycles. The van der Waals surface area contributed by atoms with E-state index in [9.17, 15) is 8.42 Å². The van der Waals surface area contributed by atoms with Gasteiger partial charge in [0, 0.05) is 0 Å². The fourth-order valence-electron chi connectivity index (χ4n) is 0.486. The van der Waals surface area contributed by atoms with Crippen LogP contribution in [0.1, 0.15) is 20.3 Å². The smallest absolute Gasteiger partial charge is 0.166 e. The molecule has 0 aliphatic rings. The maximum atomic E-state index is 10.9. The van der Waals surface area contributed by atoms with E-state index < -0.39 is 9.84 Å². The van der Waals surface area contributed by atoms with Crippen LogP contribution in [0.5, 0.6) is 0 Å². The second-order valence-electron chi connectivity index (χ2n) is 2.18. The number of sulfone groups is 1. The van der Waals surface area contributed by atoms with Crippen molar-refractivity contribution in [2.45, 2.75) is 25.5 Å². The van der Waals surface area contributed by atoms with Crippen LogP contribution in [0.3, 0.4) is 0 Å². The van der Waals surface area contributed by atoms with Crippen molar-refractivity contribution < 1.29 is 8.42 Å². The molecule has 0 fully saturated rings. The highest BCUT2D eigenvalue weighted by atomic mass is 32.2. The second-order valence-corrected chi connectivity index (χ2v) is 4.60. The van der Waals surface area contributed by atoms with E-state index in [1.807, 2.05) is 0 Å². The van der Waals surface area contributed by atoms with Gasteiger partial charge in [-0.25, -0.2) is 8.42 Å². The van der Waals surface area contributed by atoms with Crippen molar-refractivity contribution in [1.82, 2.24) is 0 Å². The van der Waals surface area contributed by atoms with E-state index in [0.29, 0.717) is 6.42 Å². The van der Waals surface area contributed by atoms with Crippen molar-refractivity contribution in [3.05, 3.63) is 0 Å². The van der Waals surface area contributed by atoms with E-state index in [0.717, 1.165) is 0 Å². The third-order valence-electron chi connectivity index (χ3n) is 1.45. The van der Waals surface area contributed by atoms with E-state index in [2.05, 4.69) is 0 Å². The summed E-state index contributed by atoms with van der Waals surface area (Å²) in [6.07, 6.45) is 0.573. The quantitative estimate of drug-likeness (QED) is 0.613. The molecule has 0 aliphatic heterocycles. The molecule has 4 heteroatoms. The van der Waals surface area contributed by atoms with Crippen molar-refractivity contribution in [3.63, 3.8) is 0 Å². The van der Waals surface area contributed by atoms with Gasteiger partial charge in [0.15, 0.2) is 9.84 Å². The van der Waals surface area contributed by atoms with Crippen LogP contribution in [0.4, 0.5) is 0 Å². The lowest BCUT2D eigenvalue weighted by atomic mass is 10.4. The zero-order valence-electron chi connectivity index (χ0n) is 6.16. The molecule has 0 spiro atoms. The molecule has 0 heterocycles. The number of rotatable bonds is 3. The van der Waals surface area contributed by atoms with Crippen molar-refractivity contribution in [2.75, 3.05) is 5.75 Å². The van der Waals surface area contributed by atoms with Gasteiger partial charge in [-0.2, -0.15) is 5.26 Å². The lowest BCUT2D eigenvalue weighted by Gasteiger charge is -2.05. The Balaban J connectivity index is 4.30. The first-order valence-electron chi connectivity index (χ1n) is 3.13. The van der Waals surface area contributed by atoms with Crippen molar-refractivity contribution in [3.8, 4) is 6.07 Å². The summed E-state index contributed by atoms with van der Waals surface area (Å²) in [5.41, 5.74) is 0. The van der Waals surface area contributed by atoms with Gasteiger partial charge in [0.2, 0.25) is 0 Å². The van der Waals surface area contributed by atoms with Crippen LogP contribution in [-0.4, -0.2) is 19.4 Å². The third-order valence-corrected chi connectivity index (χ3v) is 3.54. The largest absolute Gasteiger partial charge is 0.227 e. The Kier molecular flexibility index (Phi) is 3.37. The van der Waals surface area contributed by atoms with Gasteiger partial charge in [0.25, 0.3) is 0 Å². The van der Waals surface area contributed by atoms with Crippen LogP contribution in [0.15, 0.2) is 0 Å². The summed E-state index contributed by atoms with van der Waals surface area (Å²) in [4.78, 5) is 0. The lowest BCUT2D eigenvalue weighted by Crippen LogP contribution is -2.19. The average molecular weight is 161 g/mol. The molecule has 0 unspecified atom stereocenters. The van der Waals surface area contributed by atoms with Gasteiger partial charge in [-0.05, 0) is 13.3 Å². The molecule has 0 bridgehead atoms. The summed E-state index contributed by atoms with van der Waals surface area (Å²) in [6, 6.07) is 1.64. The highest BCUT2D eigenvalue weighted by Gasteiger charge is 2.17. The van der Waals surface area contributed by atoms with Crippen molar-refractivity contribution in [2.24, 2.45) is 0 Å². The Bertz CT molecular complexity index is 225. The van der Waals surface area contributed by atoms with Crippen LogP contribution in [-0.2, 0) is 9.84 Å². The van der Waals surface area contributed by atoms with Gasteiger partial charge in [-0.3, -0.25) is 0 Å². The van der Waals surface area contributed by atoms with E-state index >= 15 is 0 Å². The molecule has 0 aromatic rings. The average Bonchev–Trinajstić information content (AvgIpc) is 1.86. The van der Waals surface area contributed by atoms with Gasteiger partial charge < -0.3 is 0 Å². The van der Waals surface area contributed by atoms with Crippen molar-refractivity contribution in [1.29, 1.82) is 5.26 Å². The van der Waals surface area contributed by atoms with E-state index in [4.69, 9.17) is 5.26 Å². The van der Waals surface area contributed by atoms with E-state index in [1.165, 1.54) is 0 Å². The fraction of sp³-hybridized carbons (Fsp3) is 0.833. The van der Waals surface area contributed by atoms with Crippen LogP contribution in [0, 0.1) is 11.3 Å². The predicted molar refractivity (Wildman–Crippen MR) is 39.2 cm³/mol. The standard InChI is InChI=1S/C6H11NO2S/c1-3-6(2)10(8,9)5-4-7/h6H,3,5H2,1-2H3/t6-/m0/s1. The van der Waals surface area contributed by atoms with Gasteiger partial charge in [0.1, 0.15) is 5.75 Å². The summed E-state index contributed by atoms with van der Waals surface area (Å²) in [5.74, 6) is -0.359. The number of nitrogens with zero attached hydrogens (tertiary/aromatic N) is 1. The summed E-state index contributed by atoms with van der Waals surface area (Å²) in [5, 5.41) is 7.73. The predicted octanol–water partition coefficient (Wildman–Crippen LogP) is 0.723. The fourth-order valence-corrected chi connectivity index (χ4v) is 1.46. The molecule has 0 amide bonds. The minimum absolute atomic E-state index is 0.359. The van der Waals surface area contributed by atoms with Crippen molar-refractivity contribution >= 4 is 9.84 Å². The first kappa shape index (κ1) is 9.44. The Morgan fingerprint density at radius 3 is 2.40 bits per heavy atom. The van der Waals surface area contributed by atoms with Gasteiger partial charge in [-0.1, -0.05) is 6.92 Å². The lowest BCUT2D eigenvalue weighted by molar-refractivity contribution is 0.584. The van der Waals surface area contributed by atoms with Crippen LogP contribution in [0.25, 0.3) is 0 Å². The highest BCUT2D eigenvalue weighted by molar-refractivity contribution is 7.92. The highest BCUT2D eigenvalue weighted by Crippen LogP contribution is 2.04. The van der Waals surface area contributed by atoms with Gasteiger partial charge >= 0.3 is 0 Å². The summed E-state index contributed by atoms with van der Waals surface area (Å²) in [7, 11) is -3.12. The maximum absolute atomic E-state index is 10.9. The summed E-state index contributed by atoms with van der Waals surface area (Å²) >= 11 is 0. The molecule has 0 aromatic carbocycles. The Hall–Kier alpha value is -0.560. The zero-order valence-corrected chi connectivity index (χ0v) is 6.98. The monoisotopic (exact) mass is 161 g/mol. The molecule has 0 saturated carbocycles. The molecule has 10 heavy (non-hydrogen) atoms. The zero-order chi connectivity index (χ0) is 8.20. The number of hydrogen-bond acceptors (Lipinski definition) is 3. The van der Waals surface area contributed by atoms with Gasteiger partial charge in [0.05, 0.1) is 11.3 Å². The molecule has 0 N–H and O–H groups in total. The van der Waals surface area contributed by atoms with Crippen LogP contribution >= 0.6 is 0 Å². The molecular formula is C6H11NO2S. The van der Waals surface area contributed by atoms with Crippen LogP contribution in [0.2, 0.25) is 0 Å². The molecule has 0 aliphatic carbocycles. The molecule has 0 rings (SSSR count). The molecule has 58 valence electrons. The van der Waals surface area contributed by atoms with Gasteiger partial charge in [-0.15, -0.1) is 0 Å².